The molecule has 5 nitrogen and oxygen atoms in total. The summed E-state index contributed by atoms with van der Waals surface area (Å²) >= 11 is 6.27. The van der Waals surface area contributed by atoms with Gasteiger partial charge in [-0.05, 0) is 55.9 Å². The lowest BCUT2D eigenvalue weighted by molar-refractivity contribution is 0.0697. The Balaban J connectivity index is 1.77. The zero-order chi connectivity index (χ0) is 19.6. The molecular weight excluding hydrogens is 362 g/mol. The van der Waals surface area contributed by atoms with Crippen LogP contribution >= 0.6 is 11.6 Å². The molecule has 0 atom stereocenters. The second-order valence-electron chi connectivity index (χ2n) is 7.33. The number of rotatable bonds is 3. The van der Waals surface area contributed by atoms with Crippen LogP contribution in [0.25, 0.3) is 0 Å². The highest BCUT2D eigenvalue weighted by Crippen LogP contribution is 2.28. The maximum atomic E-state index is 12.7. The van der Waals surface area contributed by atoms with E-state index >= 15 is 0 Å². The van der Waals surface area contributed by atoms with Crippen molar-refractivity contribution in [1.82, 2.24) is 9.88 Å². The summed E-state index contributed by atoms with van der Waals surface area (Å²) < 4.78 is 0. The number of amides is 2. The minimum Gasteiger partial charge on any atom is -0.339 e. The molecule has 6 heteroatoms. The van der Waals surface area contributed by atoms with Crippen LogP contribution in [0.1, 0.15) is 51.6 Å². The lowest BCUT2D eigenvalue weighted by Gasteiger charge is -2.30. The summed E-state index contributed by atoms with van der Waals surface area (Å²) in [5.74, 6) is 0.235. The monoisotopic (exact) mass is 385 g/mol. The number of halogens is 1. The van der Waals surface area contributed by atoms with Gasteiger partial charge < -0.3 is 10.2 Å². The quantitative estimate of drug-likeness (QED) is 0.847. The number of hydrogen-bond acceptors (Lipinski definition) is 3. The van der Waals surface area contributed by atoms with E-state index in [1.807, 2.05) is 24.8 Å². The molecule has 0 spiro atoms. The van der Waals surface area contributed by atoms with Gasteiger partial charge in [0.2, 0.25) is 0 Å². The minimum atomic E-state index is -0.335. The third-order valence-corrected chi connectivity index (χ3v) is 5.29. The molecule has 1 fully saturated rings. The number of aryl methyl sites for hydroxylation is 2. The topological polar surface area (TPSA) is 62.3 Å². The lowest BCUT2D eigenvalue weighted by Crippen LogP contribution is -2.38. The van der Waals surface area contributed by atoms with Crippen LogP contribution in [0.5, 0.6) is 0 Å². The molecule has 0 aliphatic carbocycles. The second-order valence-corrected chi connectivity index (χ2v) is 7.74. The average molecular weight is 386 g/mol. The third kappa shape index (κ3) is 4.48. The molecule has 1 saturated heterocycles. The summed E-state index contributed by atoms with van der Waals surface area (Å²) in [5, 5.41) is 3.33. The summed E-state index contributed by atoms with van der Waals surface area (Å²) in [7, 11) is 0. The van der Waals surface area contributed by atoms with Gasteiger partial charge in [0, 0.05) is 25.5 Å². The summed E-state index contributed by atoms with van der Waals surface area (Å²) in [4.78, 5) is 31.3. The van der Waals surface area contributed by atoms with Gasteiger partial charge in [0.1, 0.15) is 0 Å². The van der Waals surface area contributed by atoms with E-state index in [2.05, 4.69) is 17.2 Å². The van der Waals surface area contributed by atoms with Crippen LogP contribution in [-0.2, 0) is 0 Å². The predicted molar refractivity (Wildman–Crippen MR) is 107 cm³/mol. The maximum Gasteiger partial charge on any atom is 0.257 e. The molecule has 3 rings (SSSR count). The lowest BCUT2D eigenvalue weighted by atomic mass is 9.98. The Bertz CT molecular complexity index is 850. The number of nitrogens with one attached hydrogen (secondary N) is 1. The minimum absolute atomic E-state index is 0.0754. The molecule has 1 aliphatic heterocycles. The van der Waals surface area contributed by atoms with E-state index in [-0.39, 0.29) is 11.8 Å². The fourth-order valence-electron chi connectivity index (χ4n) is 3.34. The van der Waals surface area contributed by atoms with Crippen LogP contribution in [0.4, 0.5) is 5.69 Å². The van der Waals surface area contributed by atoms with Gasteiger partial charge in [0.05, 0.1) is 21.8 Å². The highest BCUT2D eigenvalue weighted by atomic mass is 35.5. The summed E-state index contributed by atoms with van der Waals surface area (Å²) in [6.07, 6.45) is 4.98. The third-order valence-electron chi connectivity index (χ3n) is 4.99. The van der Waals surface area contributed by atoms with Gasteiger partial charge in [0.25, 0.3) is 11.8 Å². The number of benzene rings is 1. The standard InChI is InChI=1S/C21H24ClN3O2/c1-13-4-6-25(7-5-13)21(27)17-10-16(11-23-12-17)20(26)24-19-15(3)8-14(2)9-18(19)22/h8-13H,4-7H2,1-3H3,(H,24,26). The molecule has 1 aromatic carbocycles. The Labute approximate surface area is 164 Å². The van der Waals surface area contributed by atoms with Gasteiger partial charge in [0.15, 0.2) is 0 Å². The van der Waals surface area contributed by atoms with Crippen LogP contribution < -0.4 is 5.32 Å². The fourth-order valence-corrected chi connectivity index (χ4v) is 3.70. The summed E-state index contributed by atoms with van der Waals surface area (Å²) in [5.41, 5.74) is 3.26. The van der Waals surface area contributed by atoms with Crippen LogP contribution in [0.3, 0.4) is 0 Å². The van der Waals surface area contributed by atoms with E-state index in [1.165, 1.54) is 12.4 Å². The SMILES string of the molecule is Cc1cc(C)c(NC(=O)c2cncc(C(=O)N3CCC(C)CC3)c2)c(Cl)c1. The van der Waals surface area contributed by atoms with E-state index < -0.39 is 0 Å². The van der Waals surface area contributed by atoms with Crippen LogP contribution in [0.2, 0.25) is 5.02 Å². The molecule has 142 valence electrons. The number of anilines is 1. The molecule has 0 radical (unpaired) electrons. The van der Waals surface area contributed by atoms with Gasteiger partial charge in [-0.1, -0.05) is 24.6 Å². The van der Waals surface area contributed by atoms with Crippen molar-refractivity contribution in [2.45, 2.75) is 33.6 Å². The van der Waals surface area contributed by atoms with Crippen molar-refractivity contribution in [2.24, 2.45) is 5.92 Å². The molecule has 2 amide bonds. The number of nitrogens with zero attached hydrogens (tertiary/aromatic N) is 2. The molecule has 27 heavy (non-hydrogen) atoms. The maximum absolute atomic E-state index is 12.7. The summed E-state index contributed by atoms with van der Waals surface area (Å²) in [6, 6.07) is 5.36. The van der Waals surface area contributed by atoms with Crippen LogP contribution in [-0.4, -0.2) is 34.8 Å². The molecule has 0 unspecified atom stereocenters. The van der Waals surface area contributed by atoms with Gasteiger partial charge in [-0.2, -0.15) is 0 Å². The van der Waals surface area contributed by atoms with Crippen molar-refractivity contribution < 1.29 is 9.59 Å². The van der Waals surface area contributed by atoms with Crippen molar-refractivity contribution in [2.75, 3.05) is 18.4 Å². The van der Waals surface area contributed by atoms with Crippen LogP contribution in [0.15, 0.2) is 30.6 Å². The number of carbonyl (C=O) groups is 2. The van der Waals surface area contributed by atoms with Gasteiger partial charge in [-0.15, -0.1) is 0 Å². The van der Waals surface area contributed by atoms with Crippen molar-refractivity contribution in [1.29, 1.82) is 0 Å². The van der Waals surface area contributed by atoms with Gasteiger partial charge in [-0.25, -0.2) is 0 Å². The predicted octanol–water partition coefficient (Wildman–Crippen LogP) is 4.48. The highest BCUT2D eigenvalue weighted by molar-refractivity contribution is 6.34. The van der Waals surface area contributed by atoms with Crippen molar-refractivity contribution >= 4 is 29.1 Å². The highest BCUT2D eigenvalue weighted by Gasteiger charge is 2.22. The zero-order valence-corrected chi connectivity index (χ0v) is 16.6. The van der Waals surface area contributed by atoms with E-state index in [0.29, 0.717) is 27.8 Å². The first-order valence-electron chi connectivity index (χ1n) is 9.17. The van der Waals surface area contributed by atoms with Crippen LogP contribution in [0, 0.1) is 19.8 Å². The number of hydrogen-bond donors (Lipinski definition) is 1. The first kappa shape index (κ1) is 19.4. The van der Waals surface area contributed by atoms with E-state index in [9.17, 15) is 9.59 Å². The molecule has 2 heterocycles. The second kappa shape index (κ2) is 8.09. The Morgan fingerprint density at radius 3 is 2.44 bits per heavy atom. The Morgan fingerprint density at radius 1 is 1.11 bits per heavy atom. The number of pyridine rings is 1. The van der Waals surface area contributed by atoms with Crippen molar-refractivity contribution in [3.63, 3.8) is 0 Å². The van der Waals surface area contributed by atoms with E-state index in [4.69, 9.17) is 11.6 Å². The smallest absolute Gasteiger partial charge is 0.257 e. The molecule has 0 bridgehead atoms. The molecule has 1 aromatic heterocycles. The van der Waals surface area contributed by atoms with Crippen molar-refractivity contribution in [3.8, 4) is 0 Å². The molecule has 1 N–H and O–H groups in total. The molecule has 2 aromatic rings. The van der Waals surface area contributed by atoms with E-state index in [0.717, 1.165) is 37.1 Å². The van der Waals surface area contributed by atoms with Crippen molar-refractivity contribution in [3.05, 3.63) is 57.9 Å². The Kier molecular flexibility index (Phi) is 5.80. The number of piperidine rings is 1. The first-order valence-corrected chi connectivity index (χ1v) is 9.55. The summed E-state index contributed by atoms with van der Waals surface area (Å²) in [6.45, 7) is 7.53. The molecule has 0 saturated carbocycles. The largest absolute Gasteiger partial charge is 0.339 e. The number of likely N-dealkylation sites (tertiary alicyclic amines) is 1. The fraction of sp³-hybridized carbons (Fsp3) is 0.381. The number of carbonyl (C=O) groups excluding carboxylic acids is 2. The van der Waals surface area contributed by atoms with Gasteiger partial charge in [-0.3, -0.25) is 14.6 Å². The van der Waals surface area contributed by atoms with Gasteiger partial charge >= 0.3 is 0 Å². The number of aromatic nitrogens is 1. The van der Waals surface area contributed by atoms with E-state index in [1.54, 1.807) is 12.1 Å². The molecule has 1 aliphatic rings. The Morgan fingerprint density at radius 2 is 1.78 bits per heavy atom. The first-order chi connectivity index (χ1) is 12.8. The normalized spacial score (nSPS) is 14.9. The molecular formula is C21H24ClN3O2. The average Bonchev–Trinajstić information content (AvgIpc) is 2.64. The Hall–Kier alpha value is -2.40. The zero-order valence-electron chi connectivity index (χ0n) is 15.9.